The molecule has 0 amide bonds. The van der Waals surface area contributed by atoms with Crippen molar-refractivity contribution in [3.05, 3.63) is 67.1 Å². The Morgan fingerprint density at radius 2 is 1.89 bits per heavy atom. The number of benzene rings is 2. The van der Waals surface area contributed by atoms with E-state index in [0.717, 1.165) is 25.6 Å². The number of hydrogen-bond donors (Lipinski definition) is 1. The van der Waals surface area contributed by atoms with Crippen LogP contribution in [0.3, 0.4) is 0 Å². The van der Waals surface area contributed by atoms with Crippen molar-refractivity contribution in [3.8, 4) is 0 Å². The largest absolute Gasteiger partial charge is 0.320 e. The molecule has 1 nitrogen and oxygen atoms in total. The minimum absolute atomic E-state index is 0.245. The second-order valence-electron chi connectivity index (χ2n) is 4.11. The van der Waals surface area contributed by atoms with Crippen LogP contribution in [0.5, 0.6) is 0 Å². The van der Waals surface area contributed by atoms with E-state index in [2.05, 4.69) is 31.9 Å². The molecule has 2 N–H and O–H groups in total. The molecule has 0 aliphatic heterocycles. The fraction of sp³-hybridized carbons (Fsp3) is 0.143. The number of halogens is 3. The first-order chi connectivity index (χ1) is 8.50. The van der Waals surface area contributed by atoms with Crippen LogP contribution in [0.25, 0.3) is 0 Å². The maximum absolute atomic E-state index is 6.35. The maximum Gasteiger partial charge on any atom is 0.0580 e. The Hall–Kier alpha value is -0.350. The van der Waals surface area contributed by atoms with Gasteiger partial charge in [-0.3, -0.25) is 0 Å². The van der Waals surface area contributed by atoms with Gasteiger partial charge in [-0.1, -0.05) is 55.6 Å². The van der Waals surface area contributed by atoms with Crippen molar-refractivity contribution >= 4 is 43.5 Å². The average molecular weight is 390 g/mol. The van der Waals surface area contributed by atoms with Gasteiger partial charge in [-0.2, -0.15) is 0 Å². The summed E-state index contributed by atoms with van der Waals surface area (Å²) in [7, 11) is 0. The zero-order chi connectivity index (χ0) is 13.3. The summed E-state index contributed by atoms with van der Waals surface area (Å²) in [6, 6.07) is 11.6. The van der Waals surface area contributed by atoms with Gasteiger partial charge in [0.2, 0.25) is 0 Å². The van der Waals surface area contributed by atoms with Crippen molar-refractivity contribution in [2.75, 3.05) is 0 Å². The smallest absolute Gasteiger partial charge is 0.0580 e. The summed E-state index contributed by atoms with van der Waals surface area (Å²) in [5.74, 6) is 0. The van der Waals surface area contributed by atoms with E-state index in [0.29, 0.717) is 5.02 Å². The topological polar surface area (TPSA) is 26.0 Å². The van der Waals surface area contributed by atoms with Crippen molar-refractivity contribution in [1.29, 1.82) is 0 Å². The van der Waals surface area contributed by atoms with Crippen molar-refractivity contribution in [1.82, 2.24) is 0 Å². The van der Waals surface area contributed by atoms with Crippen molar-refractivity contribution < 1.29 is 0 Å². The first kappa shape index (κ1) is 14.1. The normalized spacial score (nSPS) is 12.5. The summed E-state index contributed by atoms with van der Waals surface area (Å²) in [5.41, 5.74) is 9.49. The molecule has 18 heavy (non-hydrogen) atoms. The van der Waals surface area contributed by atoms with Gasteiger partial charge in [-0.25, -0.2) is 0 Å². The predicted octanol–water partition coefficient (Wildman–Crippen LogP) is 5.22. The van der Waals surface area contributed by atoms with E-state index in [1.807, 2.05) is 43.3 Å². The molecule has 0 radical (unpaired) electrons. The van der Waals surface area contributed by atoms with E-state index in [4.69, 9.17) is 17.3 Å². The Bertz CT molecular complexity index is 564. The monoisotopic (exact) mass is 387 g/mol. The van der Waals surface area contributed by atoms with Crippen molar-refractivity contribution in [3.63, 3.8) is 0 Å². The third-order valence-corrected chi connectivity index (χ3v) is 4.40. The van der Waals surface area contributed by atoms with Crippen LogP contribution < -0.4 is 5.73 Å². The average Bonchev–Trinajstić information content (AvgIpc) is 2.32. The number of nitrogens with two attached hydrogens (primary N) is 1. The third kappa shape index (κ3) is 2.80. The van der Waals surface area contributed by atoms with Gasteiger partial charge in [0, 0.05) is 19.5 Å². The second kappa shape index (κ2) is 5.74. The maximum atomic E-state index is 6.35. The van der Waals surface area contributed by atoms with Gasteiger partial charge in [0.1, 0.15) is 0 Å². The summed E-state index contributed by atoms with van der Waals surface area (Å²) in [5, 5.41) is 0.677. The van der Waals surface area contributed by atoms with Gasteiger partial charge in [0.05, 0.1) is 6.04 Å². The molecule has 0 saturated heterocycles. The Kier molecular flexibility index (Phi) is 4.49. The molecule has 0 saturated carbocycles. The van der Waals surface area contributed by atoms with Crippen LogP contribution in [0.15, 0.2) is 45.3 Å². The van der Waals surface area contributed by atoms with E-state index in [1.165, 1.54) is 0 Å². The molecule has 2 aromatic carbocycles. The van der Waals surface area contributed by atoms with Crippen molar-refractivity contribution in [2.24, 2.45) is 5.73 Å². The molecule has 1 atom stereocenters. The van der Waals surface area contributed by atoms with Crippen molar-refractivity contribution in [2.45, 2.75) is 13.0 Å². The standard InChI is InChI=1S/C14H12Br2ClN/c1-8-5-6-9(15)7-10(8)14(18)13-11(16)3-2-4-12(13)17/h2-7,14H,18H2,1H3. The van der Waals surface area contributed by atoms with Gasteiger partial charge < -0.3 is 5.73 Å². The number of hydrogen-bond acceptors (Lipinski definition) is 1. The lowest BCUT2D eigenvalue weighted by atomic mass is 9.96. The molecule has 0 heterocycles. The Morgan fingerprint density at radius 1 is 1.17 bits per heavy atom. The molecule has 0 aliphatic carbocycles. The number of rotatable bonds is 2. The summed E-state index contributed by atoms with van der Waals surface area (Å²) in [6.07, 6.45) is 0. The minimum Gasteiger partial charge on any atom is -0.320 e. The highest BCUT2D eigenvalue weighted by molar-refractivity contribution is 9.10. The lowest BCUT2D eigenvalue weighted by molar-refractivity contribution is 0.855. The van der Waals surface area contributed by atoms with Crippen LogP contribution in [0.2, 0.25) is 5.02 Å². The first-order valence-corrected chi connectivity index (χ1v) is 7.42. The van der Waals surface area contributed by atoms with Gasteiger partial charge >= 0.3 is 0 Å². The van der Waals surface area contributed by atoms with E-state index in [1.54, 1.807) is 0 Å². The van der Waals surface area contributed by atoms with Gasteiger partial charge in [0.25, 0.3) is 0 Å². The molecule has 1 unspecified atom stereocenters. The molecule has 0 aromatic heterocycles. The quantitative estimate of drug-likeness (QED) is 0.749. The van der Waals surface area contributed by atoms with Crippen LogP contribution in [0.1, 0.15) is 22.7 Å². The summed E-state index contributed by atoms with van der Waals surface area (Å²) in [4.78, 5) is 0. The third-order valence-electron chi connectivity index (χ3n) is 2.89. The first-order valence-electron chi connectivity index (χ1n) is 5.46. The van der Waals surface area contributed by atoms with Crippen LogP contribution in [0, 0.1) is 6.92 Å². The molecular formula is C14H12Br2ClN. The second-order valence-corrected chi connectivity index (χ2v) is 6.29. The number of aryl methyl sites for hydroxylation is 1. The van der Waals surface area contributed by atoms with E-state index >= 15 is 0 Å². The zero-order valence-electron chi connectivity index (χ0n) is 9.75. The molecule has 0 aliphatic rings. The lowest BCUT2D eigenvalue weighted by Gasteiger charge is -2.18. The zero-order valence-corrected chi connectivity index (χ0v) is 13.7. The van der Waals surface area contributed by atoms with Gasteiger partial charge in [-0.15, -0.1) is 0 Å². The summed E-state index contributed by atoms with van der Waals surface area (Å²) < 4.78 is 1.95. The summed E-state index contributed by atoms with van der Waals surface area (Å²) in [6.45, 7) is 2.05. The van der Waals surface area contributed by atoms with Crippen LogP contribution in [0.4, 0.5) is 0 Å². The fourth-order valence-corrected chi connectivity index (χ4v) is 3.31. The molecule has 2 aromatic rings. The van der Waals surface area contributed by atoms with E-state index in [-0.39, 0.29) is 6.04 Å². The van der Waals surface area contributed by atoms with Crippen LogP contribution >= 0.6 is 43.5 Å². The molecule has 2 rings (SSSR count). The van der Waals surface area contributed by atoms with Crippen LogP contribution in [-0.2, 0) is 0 Å². The fourth-order valence-electron chi connectivity index (χ4n) is 1.91. The SMILES string of the molecule is Cc1ccc(Br)cc1C(N)c1c(Cl)cccc1Br. The Morgan fingerprint density at radius 3 is 2.56 bits per heavy atom. The van der Waals surface area contributed by atoms with Gasteiger partial charge in [-0.05, 0) is 42.3 Å². The Balaban J connectivity index is 2.54. The van der Waals surface area contributed by atoms with E-state index < -0.39 is 0 Å². The molecular weight excluding hydrogens is 377 g/mol. The summed E-state index contributed by atoms with van der Waals surface area (Å²) >= 11 is 13.2. The predicted molar refractivity (Wildman–Crippen MR) is 84.1 cm³/mol. The lowest BCUT2D eigenvalue weighted by Crippen LogP contribution is -2.14. The highest BCUT2D eigenvalue weighted by atomic mass is 79.9. The molecule has 0 spiro atoms. The highest BCUT2D eigenvalue weighted by Gasteiger charge is 2.17. The highest BCUT2D eigenvalue weighted by Crippen LogP contribution is 2.34. The minimum atomic E-state index is -0.245. The Labute approximate surface area is 129 Å². The molecule has 4 heteroatoms. The molecule has 0 fully saturated rings. The molecule has 94 valence electrons. The van der Waals surface area contributed by atoms with Crippen LogP contribution in [-0.4, -0.2) is 0 Å². The molecule has 0 bridgehead atoms. The van der Waals surface area contributed by atoms with E-state index in [9.17, 15) is 0 Å². The van der Waals surface area contributed by atoms with Gasteiger partial charge in [0.15, 0.2) is 0 Å².